The lowest BCUT2D eigenvalue weighted by Crippen LogP contribution is -2.04. The molecule has 56 valence electrons. The van der Waals surface area contributed by atoms with Crippen molar-refractivity contribution in [2.45, 2.75) is 12.0 Å². The zero-order valence-corrected chi connectivity index (χ0v) is 7.43. The summed E-state index contributed by atoms with van der Waals surface area (Å²) in [7, 11) is 3.12. The summed E-state index contributed by atoms with van der Waals surface area (Å²) >= 11 is 10.7. The van der Waals surface area contributed by atoms with Crippen LogP contribution >= 0.6 is 33.9 Å². The number of hydrogen-bond donors (Lipinski definition) is 0. The van der Waals surface area contributed by atoms with Crippen molar-refractivity contribution in [3.63, 3.8) is 0 Å². The molecule has 0 N–H and O–H groups in total. The van der Waals surface area contributed by atoms with E-state index < -0.39 is 15.9 Å². The largest absolute Gasteiger partial charge is 0.258 e. The highest BCUT2D eigenvalue weighted by Gasteiger charge is 2.05. The van der Waals surface area contributed by atoms with Crippen LogP contribution in [0.5, 0.6) is 0 Å². The van der Waals surface area contributed by atoms with Gasteiger partial charge in [-0.15, -0.1) is 11.6 Å². The Morgan fingerprint density at radius 1 is 1.67 bits per heavy atom. The van der Waals surface area contributed by atoms with Gasteiger partial charge < -0.3 is 0 Å². The molecule has 0 rings (SSSR count). The molecule has 0 aromatic carbocycles. The summed E-state index contributed by atoms with van der Waals surface area (Å²) in [5.41, 5.74) is -0.652. The normalized spacial score (nSPS) is 17.2. The van der Waals surface area contributed by atoms with Gasteiger partial charge in [0.2, 0.25) is 0 Å². The Kier molecular flexibility index (Phi) is 6.37. The molecule has 0 aliphatic rings. The molecule has 0 heterocycles. The predicted molar refractivity (Wildman–Crippen MR) is 40.1 cm³/mol. The number of halogens is 3. The maximum atomic E-state index is 10.1. The minimum atomic E-state index is -1.82. The maximum absolute atomic E-state index is 10.1. The van der Waals surface area contributed by atoms with Crippen molar-refractivity contribution in [1.29, 1.82) is 0 Å². The average molecular weight is 211 g/mol. The van der Waals surface area contributed by atoms with E-state index >= 15 is 0 Å². The van der Waals surface area contributed by atoms with Crippen LogP contribution in [0.3, 0.4) is 0 Å². The van der Waals surface area contributed by atoms with Gasteiger partial charge in [-0.05, 0) is 0 Å². The summed E-state index contributed by atoms with van der Waals surface area (Å²) in [5, 5.41) is 0. The first-order valence-electron chi connectivity index (χ1n) is 2.12. The van der Waals surface area contributed by atoms with E-state index in [0.29, 0.717) is 12.3 Å². The highest BCUT2D eigenvalue weighted by molar-refractivity contribution is 8.04. The van der Waals surface area contributed by atoms with Gasteiger partial charge in [-0.25, -0.2) is 4.21 Å². The van der Waals surface area contributed by atoms with Crippen LogP contribution in [0.25, 0.3) is 0 Å². The summed E-state index contributed by atoms with van der Waals surface area (Å²) in [6.45, 7) is 0. The predicted octanol–water partition coefficient (Wildman–Crippen LogP) is 2.01. The van der Waals surface area contributed by atoms with Crippen LogP contribution in [0.1, 0.15) is 6.42 Å². The third-order valence-electron chi connectivity index (χ3n) is 0.516. The zero-order valence-electron chi connectivity index (χ0n) is 4.35. The Bertz CT molecular complexity index is 99.1. The zero-order chi connectivity index (χ0) is 7.28. The highest BCUT2D eigenvalue weighted by atomic mass is 35.7. The van der Waals surface area contributed by atoms with Gasteiger partial charge in [-0.3, -0.25) is 4.18 Å². The molecule has 0 saturated carbocycles. The lowest BCUT2D eigenvalue weighted by atomic mass is 10.5. The van der Waals surface area contributed by atoms with E-state index in [4.69, 9.17) is 33.9 Å². The lowest BCUT2D eigenvalue weighted by molar-refractivity contribution is 0.313. The summed E-state index contributed by atoms with van der Waals surface area (Å²) in [4.78, 5) is 0. The van der Waals surface area contributed by atoms with E-state index in [2.05, 4.69) is 4.18 Å². The summed E-state index contributed by atoms with van der Waals surface area (Å²) in [6, 6.07) is 0. The second kappa shape index (κ2) is 5.74. The third kappa shape index (κ3) is 6.87. The minimum absolute atomic E-state index is 0.363. The molecule has 0 aromatic rings. The van der Waals surface area contributed by atoms with E-state index in [1.807, 2.05) is 0 Å². The molecule has 0 aliphatic carbocycles. The minimum Gasteiger partial charge on any atom is -0.258 e. The highest BCUT2D eigenvalue weighted by Crippen LogP contribution is 2.08. The first kappa shape index (κ1) is 9.98. The van der Waals surface area contributed by atoms with Gasteiger partial charge in [-0.2, -0.15) is 0 Å². The van der Waals surface area contributed by atoms with Crippen molar-refractivity contribution in [3.8, 4) is 0 Å². The van der Waals surface area contributed by atoms with Crippen LogP contribution in [0.2, 0.25) is 0 Å². The van der Waals surface area contributed by atoms with Gasteiger partial charge >= 0.3 is 0 Å². The molecule has 2 unspecified atom stereocenters. The third-order valence-corrected chi connectivity index (χ3v) is 1.75. The Morgan fingerprint density at radius 2 is 2.22 bits per heavy atom. The van der Waals surface area contributed by atoms with Crippen molar-refractivity contribution < 1.29 is 8.39 Å². The van der Waals surface area contributed by atoms with Gasteiger partial charge in [-0.1, -0.05) is 11.6 Å². The fourth-order valence-electron chi connectivity index (χ4n) is 0.216. The molecule has 0 aromatic heterocycles. The fraction of sp³-hybridized carbons (Fsp3) is 1.00. The number of hydrogen-bond acceptors (Lipinski definition) is 2. The first-order valence-corrected chi connectivity index (χ1v) is 4.99. The van der Waals surface area contributed by atoms with Crippen molar-refractivity contribution in [3.05, 3.63) is 0 Å². The quantitative estimate of drug-likeness (QED) is 0.525. The van der Waals surface area contributed by atoms with E-state index in [-0.39, 0.29) is 0 Å². The van der Waals surface area contributed by atoms with E-state index in [1.165, 1.54) is 0 Å². The van der Waals surface area contributed by atoms with Gasteiger partial charge in [0.15, 0.2) is 5.56 Å². The van der Waals surface area contributed by atoms with Crippen LogP contribution in [-0.4, -0.2) is 15.7 Å². The molecule has 2 nitrogen and oxygen atoms in total. The van der Waals surface area contributed by atoms with Crippen molar-refractivity contribution >= 4 is 44.2 Å². The number of rotatable bonds is 4. The summed E-state index contributed by atoms with van der Waals surface area (Å²) in [5.74, 6) is 0.363. The van der Waals surface area contributed by atoms with Crippen molar-refractivity contribution in [2.24, 2.45) is 0 Å². The van der Waals surface area contributed by atoms with Crippen LogP contribution < -0.4 is 0 Å². The first-order chi connectivity index (χ1) is 4.16. The standard InChI is InChI=1S/C3H5Cl3O2S/c4-2-1-3(5)8-9(6)7/h3H,1-2H2. The monoisotopic (exact) mass is 210 g/mol. The van der Waals surface area contributed by atoms with Crippen LogP contribution in [0.4, 0.5) is 0 Å². The molecule has 0 amide bonds. The second-order valence-corrected chi connectivity index (χ2v) is 3.38. The van der Waals surface area contributed by atoms with E-state index in [9.17, 15) is 4.21 Å². The summed E-state index contributed by atoms with van der Waals surface area (Å²) in [6.07, 6.45) is 0.432. The number of alkyl halides is 2. The summed E-state index contributed by atoms with van der Waals surface area (Å²) < 4.78 is 14.5. The van der Waals surface area contributed by atoms with Crippen molar-refractivity contribution in [1.82, 2.24) is 0 Å². The van der Waals surface area contributed by atoms with Gasteiger partial charge in [0.25, 0.3) is 10.3 Å². The Balaban J connectivity index is 3.26. The Hall–Kier alpha value is 0.980. The molecule has 0 aliphatic heterocycles. The fourth-order valence-corrected chi connectivity index (χ4v) is 1.47. The topological polar surface area (TPSA) is 26.3 Å². The molecule has 0 radical (unpaired) electrons. The molecule has 0 fully saturated rings. The Morgan fingerprint density at radius 3 is 2.56 bits per heavy atom. The van der Waals surface area contributed by atoms with Crippen LogP contribution in [0.15, 0.2) is 0 Å². The molecule has 9 heavy (non-hydrogen) atoms. The van der Waals surface area contributed by atoms with E-state index in [0.717, 1.165) is 0 Å². The SMILES string of the molecule is O=S(Cl)OC(Cl)CCCl. The van der Waals surface area contributed by atoms with Crippen LogP contribution in [-0.2, 0) is 14.5 Å². The van der Waals surface area contributed by atoms with Gasteiger partial charge in [0.05, 0.1) is 0 Å². The molecular formula is C3H5Cl3O2S. The molecule has 0 spiro atoms. The average Bonchev–Trinajstić information content (AvgIpc) is 1.63. The lowest BCUT2D eigenvalue weighted by Gasteiger charge is -2.02. The van der Waals surface area contributed by atoms with Gasteiger partial charge in [0.1, 0.15) is 0 Å². The van der Waals surface area contributed by atoms with Crippen LogP contribution in [0, 0.1) is 0 Å². The van der Waals surface area contributed by atoms with Gasteiger partial charge in [0, 0.05) is 23.0 Å². The molecule has 2 atom stereocenters. The van der Waals surface area contributed by atoms with E-state index in [1.54, 1.807) is 0 Å². The molecule has 0 saturated heterocycles. The van der Waals surface area contributed by atoms with Crippen molar-refractivity contribution in [2.75, 3.05) is 5.88 Å². The Labute approximate surface area is 70.6 Å². The molecular weight excluding hydrogens is 206 g/mol. The maximum Gasteiger partial charge on any atom is 0.257 e. The smallest absolute Gasteiger partial charge is 0.257 e. The molecule has 0 bridgehead atoms. The second-order valence-electron chi connectivity index (χ2n) is 1.18. The molecule has 6 heteroatoms.